The molecule has 0 aromatic carbocycles. The van der Waals surface area contributed by atoms with Crippen molar-refractivity contribution >= 4 is 0 Å². The highest BCUT2D eigenvalue weighted by molar-refractivity contribution is 5.11. The maximum atomic E-state index is 4.19. The number of pyridine rings is 1. The molecule has 1 atom stereocenters. The number of nitrogens with one attached hydrogen (secondary N) is 1. The van der Waals surface area contributed by atoms with Crippen LogP contribution in [0.3, 0.4) is 0 Å². The van der Waals surface area contributed by atoms with Crippen molar-refractivity contribution < 1.29 is 0 Å². The van der Waals surface area contributed by atoms with E-state index in [0.717, 1.165) is 19.3 Å². The Hall–Kier alpha value is -1.68. The maximum Gasteiger partial charge on any atom is 0.0521 e. The second-order valence-corrected chi connectivity index (χ2v) is 4.61. The molecule has 0 fully saturated rings. The molecule has 4 nitrogen and oxygen atoms in total. The maximum absolute atomic E-state index is 4.19. The average Bonchev–Trinajstić information content (AvgIpc) is 2.81. The van der Waals surface area contributed by atoms with Gasteiger partial charge < -0.3 is 5.32 Å². The second kappa shape index (κ2) is 6.31. The molecule has 0 bridgehead atoms. The van der Waals surface area contributed by atoms with Crippen LogP contribution in [0.25, 0.3) is 0 Å². The highest BCUT2D eigenvalue weighted by atomic mass is 15.2. The summed E-state index contributed by atoms with van der Waals surface area (Å²) in [6, 6.07) is 4.60. The monoisotopic (exact) mass is 244 g/mol. The van der Waals surface area contributed by atoms with Gasteiger partial charge in [-0.05, 0) is 43.5 Å². The first-order valence-corrected chi connectivity index (χ1v) is 6.31. The van der Waals surface area contributed by atoms with Crippen LogP contribution in [-0.2, 0) is 19.9 Å². The van der Waals surface area contributed by atoms with E-state index in [1.807, 2.05) is 43.4 Å². The minimum Gasteiger partial charge on any atom is -0.317 e. The van der Waals surface area contributed by atoms with Crippen molar-refractivity contribution in [1.29, 1.82) is 0 Å². The molecular weight excluding hydrogens is 224 g/mol. The molecule has 18 heavy (non-hydrogen) atoms. The van der Waals surface area contributed by atoms with Crippen LogP contribution in [0.5, 0.6) is 0 Å². The minimum absolute atomic E-state index is 0.481. The van der Waals surface area contributed by atoms with Crippen molar-refractivity contribution in [1.82, 2.24) is 20.1 Å². The molecule has 2 aromatic rings. The van der Waals surface area contributed by atoms with Gasteiger partial charge in [-0.15, -0.1) is 0 Å². The summed E-state index contributed by atoms with van der Waals surface area (Å²) >= 11 is 0. The molecule has 0 aliphatic heterocycles. The van der Waals surface area contributed by atoms with Gasteiger partial charge in [0, 0.05) is 31.7 Å². The number of aryl methyl sites for hydroxylation is 2. The molecule has 0 saturated heterocycles. The molecule has 1 unspecified atom stereocenters. The summed E-state index contributed by atoms with van der Waals surface area (Å²) in [7, 11) is 3.97. The van der Waals surface area contributed by atoms with Crippen molar-refractivity contribution in [2.24, 2.45) is 7.05 Å². The lowest BCUT2D eigenvalue weighted by Gasteiger charge is -2.15. The minimum atomic E-state index is 0.481. The zero-order valence-corrected chi connectivity index (χ0v) is 11.0. The Morgan fingerprint density at radius 2 is 2.22 bits per heavy atom. The third-order valence-electron chi connectivity index (χ3n) is 3.15. The number of aromatic nitrogens is 3. The van der Waals surface area contributed by atoms with Crippen LogP contribution in [0.1, 0.15) is 17.5 Å². The third-order valence-corrected chi connectivity index (χ3v) is 3.15. The van der Waals surface area contributed by atoms with E-state index in [2.05, 4.69) is 27.7 Å². The molecule has 0 spiro atoms. The lowest BCUT2D eigenvalue weighted by molar-refractivity contribution is 0.519. The van der Waals surface area contributed by atoms with Gasteiger partial charge in [0.05, 0.1) is 6.20 Å². The molecule has 2 aromatic heterocycles. The standard InChI is InChI=1S/C14H20N4/c1-15-14(8-12-4-3-7-16-9-12)6-5-13-10-17-18(2)11-13/h3-4,7,9-11,14-15H,5-6,8H2,1-2H3. The molecule has 2 rings (SSSR count). The first-order valence-electron chi connectivity index (χ1n) is 6.31. The van der Waals surface area contributed by atoms with E-state index in [-0.39, 0.29) is 0 Å². The fourth-order valence-corrected chi connectivity index (χ4v) is 2.09. The molecule has 1 N–H and O–H groups in total. The van der Waals surface area contributed by atoms with E-state index in [0.29, 0.717) is 6.04 Å². The number of hydrogen-bond donors (Lipinski definition) is 1. The summed E-state index contributed by atoms with van der Waals surface area (Å²) in [5.74, 6) is 0. The number of hydrogen-bond acceptors (Lipinski definition) is 3. The molecule has 0 aliphatic rings. The Morgan fingerprint density at radius 1 is 1.33 bits per heavy atom. The fraction of sp³-hybridized carbons (Fsp3) is 0.429. The summed E-state index contributed by atoms with van der Waals surface area (Å²) in [5, 5.41) is 7.56. The van der Waals surface area contributed by atoms with Crippen LogP contribution >= 0.6 is 0 Å². The third kappa shape index (κ3) is 3.67. The van der Waals surface area contributed by atoms with Gasteiger partial charge in [0.15, 0.2) is 0 Å². The van der Waals surface area contributed by atoms with Crippen molar-refractivity contribution in [3.8, 4) is 0 Å². The van der Waals surface area contributed by atoms with E-state index >= 15 is 0 Å². The van der Waals surface area contributed by atoms with Crippen LogP contribution < -0.4 is 5.32 Å². The highest BCUT2D eigenvalue weighted by Crippen LogP contribution is 2.08. The van der Waals surface area contributed by atoms with Gasteiger partial charge in [-0.1, -0.05) is 6.07 Å². The number of nitrogens with zero attached hydrogens (tertiary/aromatic N) is 3. The Balaban J connectivity index is 1.86. The van der Waals surface area contributed by atoms with Gasteiger partial charge in [0.2, 0.25) is 0 Å². The predicted octanol–water partition coefficient (Wildman–Crippen LogP) is 1.58. The van der Waals surface area contributed by atoms with Gasteiger partial charge in [-0.3, -0.25) is 9.67 Å². The molecule has 4 heteroatoms. The molecule has 0 radical (unpaired) electrons. The fourth-order valence-electron chi connectivity index (χ4n) is 2.09. The Labute approximate surface area is 108 Å². The van der Waals surface area contributed by atoms with E-state index in [1.165, 1.54) is 11.1 Å². The van der Waals surface area contributed by atoms with Gasteiger partial charge in [-0.25, -0.2) is 0 Å². The molecule has 0 aliphatic carbocycles. The lowest BCUT2D eigenvalue weighted by atomic mass is 10.0. The highest BCUT2D eigenvalue weighted by Gasteiger charge is 2.08. The first kappa shape index (κ1) is 12.8. The average molecular weight is 244 g/mol. The topological polar surface area (TPSA) is 42.7 Å². The molecule has 96 valence electrons. The van der Waals surface area contributed by atoms with E-state index in [9.17, 15) is 0 Å². The van der Waals surface area contributed by atoms with Gasteiger partial charge in [0.25, 0.3) is 0 Å². The Morgan fingerprint density at radius 3 is 2.83 bits per heavy atom. The van der Waals surface area contributed by atoms with Crippen molar-refractivity contribution in [2.75, 3.05) is 7.05 Å². The Bertz CT molecular complexity index is 464. The molecular formula is C14H20N4. The summed E-state index contributed by atoms with van der Waals surface area (Å²) in [4.78, 5) is 4.15. The molecule has 2 heterocycles. The Kier molecular flexibility index (Phi) is 4.47. The second-order valence-electron chi connectivity index (χ2n) is 4.61. The van der Waals surface area contributed by atoms with Crippen LogP contribution in [0.2, 0.25) is 0 Å². The summed E-state index contributed by atoms with van der Waals surface area (Å²) in [6.07, 6.45) is 11.0. The van der Waals surface area contributed by atoms with E-state index in [1.54, 1.807) is 0 Å². The molecule has 0 amide bonds. The normalized spacial score (nSPS) is 12.6. The summed E-state index contributed by atoms with van der Waals surface area (Å²) in [6.45, 7) is 0. The van der Waals surface area contributed by atoms with E-state index < -0.39 is 0 Å². The first-order chi connectivity index (χ1) is 8.78. The van der Waals surface area contributed by atoms with Crippen molar-refractivity contribution in [2.45, 2.75) is 25.3 Å². The van der Waals surface area contributed by atoms with Crippen LogP contribution in [-0.4, -0.2) is 27.9 Å². The van der Waals surface area contributed by atoms with Gasteiger partial charge >= 0.3 is 0 Å². The zero-order valence-electron chi connectivity index (χ0n) is 11.0. The predicted molar refractivity (Wildman–Crippen MR) is 72.3 cm³/mol. The van der Waals surface area contributed by atoms with Crippen LogP contribution in [0, 0.1) is 0 Å². The van der Waals surface area contributed by atoms with Crippen LogP contribution in [0.15, 0.2) is 36.9 Å². The summed E-state index contributed by atoms with van der Waals surface area (Å²) < 4.78 is 1.85. The van der Waals surface area contributed by atoms with Crippen LogP contribution in [0.4, 0.5) is 0 Å². The summed E-state index contributed by atoms with van der Waals surface area (Å²) in [5.41, 5.74) is 2.58. The van der Waals surface area contributed by atoms with E-state index in [4.69, 9.17) is 0 Å². The molecule has 0 saturated carbocycles. The zero-order chi connectivity index (χ0) is 12.8. The lowest BCUT2D eigenvalue weighted by Crippen LogP contribution is -2.28. The number of rotatable bonds is 6. The largest absolute Gasteiger partial charge is 0.317 e. The van der Waals surface area contributed by atoms with Crippen molar-refractivity contribution in [3.63, 3.8) is 0 Å². The van der Waals surface area contributed by atoms with Crippen molar-refractivity contribution in [3.05, 3.63) is 48.0 Å². The number of likely N-dealkylation sites (N-methyl/N-ethyl adjacent to an activating group) is 1. The smallest absolute Gasteiger partial charge is 0.0521 e. The van der Waals surface area contributed by atoms with Gasteiger partial charge in [-0.2, -0.15) is 5.10 Å². The quantitative estimate of drug-likeness (QED) is 0.839. The van der Waals surface area contributed by atoms with Gasteiger partial charge in [0.1, 0.15) is 0 Å². The SMILES string of the molecule is CNC(CCc1cnn(C)c1)Cc1cccnc1.